The average Bonchev–Trinajstić information content (AvgIpc) is 3.24. The number of rotatable bonds is 6. The highest BCUT2D eigenvalue weighted by Crippen LogP contribution is 2.21. The van der Waals surface area contributed by atoms with E-state index in [4.69, 9.17) is 9.47 Å². The maximum atomic E-state index is 12.5. The van der Waals surface area contributed by atoms with E-state index in [0.29, 0.717) is 11.1 Å². The molecule has 1 atom stereocenters. The van der Waals surface area contributed by atoms with E-state index in [0.717, 1.165) is 42.9 Å². The lowest BCUT2D eigenvalue weighted by molar-refractivity contribution is 0.0474. The van der Waals surface area contributed by atoms with Crippen LogP contribution in [0, 0.1) is 20.8 Å². The van der Waals surface area contributed by atoms with Crippen LogP contribution < -0.4 is 0 Å². The van der Waals surface area contributed by atoms with E-state index in [-0.39, 0.29) is 18.5 Å². The van der Waals surface area contributed by atoms with Crippen molar-refractivity contribution in [2.75, 3.05) is 13.2 Å². The molecule has 1 aromatic heterocycles. The van der Waals surface area contributed by atoms with Crippen LogP contribution in [0.1, 0.15) is 50.5 Å². The maximum absolute atomic E-state index is 12.5. The van der Waals surface area contributed by atoms with Crippen molar-refractivity contribution in [1.29, 1.82) is 0 Å². The monoisotopic (exact) mass is 355 g/mol. The molecular weight excluding hydrogens is 330 g/mol. The summed E-state index contributed by atoms with van der Waals surface area (Å²) >= 11 is 0. The lowest BCUT2D eigenvalue weighted by Gasteiger charge is -2.14. The number of Topliss-reactive ketones (excluding diaryl/α,β-unsaturated/α-hetero) is 1. The second-order valence-electron chi connectivity index (χ2n) is 6.90. The van der Waals surface area contributed by atoms with E-state index in [1.54, 1.807) is 12.1 Å². The van der Waals surface area contributed by atoms with Crippen molar-refractivity contribution in [2.24, 2.45) is 0 Å². The van der Waals surface area contributed by atoms with E-state index in [1.165, 1.54) is 0 Å². The molecule has 0 unspecified atom stereocenters. The van der Waals surface area contributed by atoms with Gasteiger partial charge in [-0.3, -0.25) is 4.79 Å². The molecule has 0 saturated carbocycles. The van der Waals surface area contributed by atoms with Crippen molar-refractivity contribution in [3.05, 3.63) is 58.4 Å². The normalized spacial score (nSPS) is 16.7. The number of benzene rings is 1. The largest absolute Gasteiger partial charge is 0.454 e. The summed E-state index contributed by atoms with van der Waals surface area (Å²) in [5, 5.41) is 0. The zero-order chi connectivity index (χ0) is 18.7. The maximum Gasteiger partial charge on any atom is 0.338 e. The van der Waals surface area contributed by atoms with Crippen LogP contribution in [0.25, 0.3) is 0 Å². The van der Waals surface area contributed by atoms with Gasteiger partial charge >= 0.3 is 5.97 Å². The van der Waals surface area contributed by atoms with Crippen LogP contribution in [0.3, 0.4) is 0 Å². The zero-order valence-electron chi connectivity index (χ0n) is 15.6. The van der Waals surface area contributed by atoms with Gasteiger partial charge in [-0.05, 0) is 51.8 Å². The first-order valence-electron chi connectivity index (χ1n) is 9.01. The van der Waals surface area contributed by atoms with Crippen molar-refractivity contribution >= 4 is 11.8 Å². The Morgan fingerprint density at radius 1 is 1.19 bits per heavy atom. The number of ketones is 1. The number of aryl methyl sites for hydroxylation is 2. The Hall–Kier alpha value is -2.40. The topological polar surface area (TPSA) is 57.5 Å². The van der Waals surface area contributed by atoms with Gasteiger partial charge in [-0.1, -0.05) is 17.7 Å². The molecule has 138 valence electrons. The third-order valence-corrected chi connectivity index (χ3v) is 4.91. The third-order valence-electron chi connectivity index (χ3n) is 4.91. The van der Waals surface area contributed by atoms with Crippen LogP contribution in [0.5, 0.6) is 0 Å². The lowest BCUT2D eigenvalue weighted by atomic mass is 10.1. The summed E-state index contributed by atoms with van der Waals surface area (Å²) in [6, 6.07) is 8.96. The van der Waals surface area contributed by atoms with Crippen molar-refractivity contribution < 1.29 is 19.1 Å². The van der Waals surface area contributed by atoms with Gasteiger partial charge in [0.25, 0.3) is 0 Å². The van der Waals surface area contributed by atoms with Crippen molar-refractivity contribution in [3.8, 4) is 0 Å². The second kappa shape index (κ2) is 7.87. The molecule has 0 N–H and O–H groups in total. The van der Waals surface area contributed by atoms with Gasteiger partial charge in [-0.25, -0.2) is 4.79 Å². The number of esters is 1. The highest BCUT2D eigenvalue weighted by atomic mass is 16.5. The first kappa shape index (κ1) is 18.4. The SMILES string of the molecule is Cc1ccc(C(=O)OCC(=O)c2cc(C)n(C[C@@H]3CCCO3)c2C)cc1. The molecule has 0 spiro atoms. The summed E-state index contributed by atoms with van der Waals surface area (Å²) in [7, 11) is 0. The highest BCUT2D eigenvalue weighted by molar-refractivity contribution is 6.00. The molecule has 1 aliphatic rings. The van der Waals surface area contributed by atoms with Gasteiger partial charge in [0, 0.05) is 30.1 Å². The molecule has 26 heavy (non-hydrogen) atoms. The number of carbonyl (C=O) groups excluding carboxylic acids is 2. The number of ether oxygens (including phenoxy) is 2. The third kappa shape index (κ3) is 4.05. The standard InChI is InChI=1S/C21H25NO4/c1-14-6-8-17(9-7-14)21(24)26-13-20(23)19-11-15(2)22(16(19)3)12-18-5-4-10-25-18/h6-9,11,18H,4-5,10,12-13H2,1-3H3/t18-/m0/s1. The van der Waals surface area contributed by atoms with Gasteiger partial charge in [-0.2, -0.15) is 0 Å². The predicted octanol–water partition coefficient (Wildman–Crippen LogP) is 3.63. The molecule has 2 aromatic rings. The van der Waals surface area contributed by atoms with Crippen LogP contribution in [0.15, 0.2) is 30.3 Å². The Bertz CT molecular complexity index is 798. The molecular formula is C21H25NO4. The van der Waals surface area contributed by atoms with Gasteiger partial charge in [0.15, 0.2) is 6.61 Å². The fraction of sp³-hybridized carbons (Fsp3) is 0.429. The molecule has 5 nitrogen and oxygen atoms in total. The minimum Gasteiger partial charge on any atom is -0.454 e. The molecule has 0 radical (unpaired) electrons. The van der Waals surface area contributed by atoms with Crippen molar-refractivity contribution in [1.82, 2.24) is 4.57 Å². The van der Waals surface area contributed by atoms with Gasteiger partial charge in [0.2, 0.25) is 5.78 Å². The van der Waals surface area contributed by atoms with Gasteiger partial charge in [0.05, 0.1) is 11.7 Å². The number of nitrogens with zero attached hydrogens (tertiary/aromatic N) is 1. The van der Waals surface area contributed by atoms with E-state index in [2.05, 4.69) is 4.57 Å². The minimum atomic E-state index is -0.480. The van der Waals surface area contributed by atoms with Gasteiger partial charge in [0.1, 0.15) is 0 Å². The molecule has 5 heteroatoms. The Labute approximate surface area is 153 Å². The van der Waals surface area contributed by atoms with Crippen molar-refractivity contribution in [3.63, 3.8) is 0 Å². The summed E-state index contributed by atoms with van der Waals surface area (Å²) in [4.78, 5) is 24.6. The van der Waals surface area contributed by atoms with Crippen LogP contribution in [-0.4, -0.2) is 35.6 Å². The first-order valence-corrected chi connectivity index (χ1v) is 9.01. The number of hydrogen-bond donors (Lipinski definition) is 0. The zero-order valence-corrected chi connectivity index (χ0v) is 15.6. The number of hydrogen-bond acceptors (Lipinski definition) is 4. The van der Waals surface area contributed by atoms with Gasteiger partial charge < -0.3 is 14.0 Å². The molecule has 0 bridgehead atoms. The van der Waals surface area contributed by atoms with Crippen LogP contribution in [0.2, 0.25) is 0 Å². The van der Waals surface area contributed by atoms with Gasteiger partial charge in [-0.15, -0.1) is 0 Å². The average molecular weight is 355 g/mol. The summed E-state index contributed by atoms with van der Waals surface area (Å²) in [5.74, 6) is -0.663. The Morgan fingerprint density at radius 3 is 2.58 bits per heavy atom. The first-order chi connectivity index (χ1) is 12.5. The summed E-state index contributed by atoms with van der Waals surface area (Å²) < 4.78 is 13.0. The lowest BCUT2D eigenvalue weighted by Crippen LogP contribution is -2.18. The van der Waals surface area contributed by atoms with E-state index >= 15 is 0 Å². The minimum absolute atomic E-state index is 0.183. The van der Waals surface area contributed by atoms with E-state index < -0.39 is 5.97 Å². The quantitative estimate of drug-likeness (QED) is 0.586. The number of aromatic nitrogens is 1. The smallest absolute Gasteiger partial charge is 0.338 e. The molecule has 1 fully saturated rings. The molecule has 0 amide bonds. The summed E-state index contributed by atoms with van der Waals surface area (Å²) in [5.41, 5.74) is 4.04. The highest BCUT2D eigenvalue weighted by Gasteiger charge is 2.21. The number of carbonyl (C=O) groups is 2. The van der Waals surface area contributed by atoms with E-state index in [1.807, 2.05) is 39.0 Å². The molecule has 2 heterocycles. The predicted molar refractivity (Wildman–Crippen MR) is 98.7 cm³/mol. The second-order valence-corrected chi connectivity index (χ2v) is 6.90. The molecule has 3 rings (SSSR count). The van der Waals surface area contributed by atoms with Crippen LogP contribution in [-0.2, 0) is 16.0 Å². The Kier molecular flexibility index (Phi) is 5.57. The Morgan fingerprint density at radius 2 is 1.92 bits per heavy atom. The van der Waals surface area contributed by atoms with E-state index in [9.17, 15) is 9.59 Å². The molecule has 0 aliphatic carbocycles. The fourth-order valence-corrected chi connectivity index (χ4v) is 3.34. The van der Waals surface area contributed by atoms with Crippen LogP contribution in [0.4, 0.5) is 0 Å². The summed E-state index contributed by atoms with van der Waals surface area (Å²) in [6.07, 6.45) is 2.35. The summed E-state index contributed by atoms with van der Waals surface area (Å²) in [6.45, 7) is 7.18. The van der Waals surface area contributed by atoms with Crippen molar-refractivity contribution in [2.45, 2.75) is 46.3 Å². The Balaban J connectivity index is 1.64. The molecule has 1 aliphatic heterocycles. The molecule has 1 aromatic carbocycles. The van der Waals surface area contributed by atoms with Crippen LogP contribution >= 0.6 is 0 Å². The fourth-order valence-electron chi connectivity index (χ4n) is 3.34. The molecule has 1 saturated heterocycles.